The van der Waals surface area contributed by atoms with E-state index >= 15 is 0 Å². The van der Waals surface area contributed by atoms with Crippen LogP contribution in [0.5, 0.6) is 11.5 Å². The van der Waals surface area contributed by atoms with E-state index in [9.17, 15) is 9.59 Å². The lowest BCUT2D eigenvalue weighted by Crippen LogP contribution is -3.14. The summed E-state index contributed by atoms with van der Waals surface area (Å²) in [5.74, 6) is 1.55. The van der Waals surface area contributed by atoms with Crippen molar-refractivity contribution in [1.29, 1.82) is 0 Å². The molecule has 144 valence electrons. The quantitative estimate of drug-likeness (QED) is 0.684. The molecule has 0 radical (unpaired) electrons. The molecule has 1 fully saturated rings. The molecular formula is C19H30N3O4+. The highest BCUT2D eigenvalue weighted by molar-refractivity contribution is 6.01. The molecule has 26 heavy (non-hydrogen) atoms. The minimum absolute atomic E-state index is 0.262. The highest BCUT2D eigenvalue weighted by Gasteiger charge is 2.22. The highest BCUT2D eigenvalue weighted by atomic mass is 16.5. The minimum atomic E-state index is -0.536. The number of hydrogen-bond donors (Lipinski definition) is 3. The Labute approximate surface area is 155 Å². The fourth-order valence-electron chi connectivity index (χ4n) is 3.25. The van der Waals surface area contributed by atoms with E-state index in [0.717, 1.165) is 19.5 Å². The third-order valence-corrected chi connectivity index (χ3v) is 4.33. The topological polar surface area (TPSA) is 81.1 Å². The van der Waals surface area contributed by atoms with Crippen LogP contribution in [0.15, 0.2) is 18.2 Å². The molecule has 1 aromatic carbocycles. The summed E-state index contributed by atoms with van der Waals surface area (Å²) in [5, 5.41) is 5.07. The molecule has 7 heteroatoms. The van der Waals surface area contributed by atoms with Gasteiger partial charge in [-0.25, -0.2) is 4.79 Å². The summed E-state index contributed by atoms with van der Waals surface area (Å²) < 4.78 is 11.0. The minimum Gasteiger partial charge on any atom is -0.490 e. The molecule has 0 saturated carbocycles. The second kappa shape index (κ2) is 10.0. The molecule has 1 aromatic rings. The maximum absolute atomic E-state index is 12.1. The number of ether oxygens (including phenoxy) is 2. The molecule has 2 rings (SSSR count). The average molecular weight is 364 g/mol. The molecule has 7 nitrogen and oxygen atoms in total. The fraction of sp³-hybridized carbons (Fsp3) is 0.579. The van der Waals surface area contributed by atoms with Crippen molar-refractivity contribution >= 4 is 17.6 Å². The van der Waals surface area contributed by atoms with Crippen LogP contribution in [0.4, 0.5) is 10.5 Å². The molecule has 0 aromatic heterocycles. The Morgan fingerprint density at radius 2 is 1.92 bits per heavy atom. The van der Waals surface area contributed by atoms with Gasteiger partial charge in [-0.1, -0.05) is 6.92 Å². The van der Waals surface area contributed by atoms with Crippen LogP contribution in [0.1, 0.15) is 33.6 Å². The van der Waals surface area contributed by atoms with Crippen LogP contribution in [-0.4, -0.2) is 44.8 Å². The molecule has 1 heterocycles. The van der Waals surface area contributed by atoms with Crippen molar-refractivity contribution in [2.24, 2.45) is 5.92 Å². The molecule has 1 aliphatic rings. The maximum atomic E-state index is 12.1. The lowest BCUT2D eigenvalue weighted by atomic mass is 10.0. The van der Waals surface area contributed by atoms with Gasteiger partial charge in [-0.3, -0.25) is 10.1 Å². The summed E-state index contributed by atoms with van der Waals surface area (Å²) in [6.45, 7) is 9.28. The van der Waals surface area contributed by atoms with E-state index in [1.165, 1.54) is 11.3 Å². The van der Waals surface area contributed by atoms with E-state index in [2.05, 4.69) is 17.6 Å². The van der Waals surface area contributed by atoms with Crippen molar-refractivity contribution in [1.82, 2.24) is 5.32 Å². The zero-order valence-corrected chi connectivity index (χ0v) is 15.9. The Kier molecular flexibility index (Phi) is 7.72. The van der Waals surface area contributed by atoms with Crippen molar-refractivity contribution in [3.05, 3.63) is 18.2 Å². The number of urea groups is 1. The van der Waals surface area contributed by atoms with E-state index in [1.54, 1.807) is 18.2 Å². The second-order valence-electron chi connectivity index (χ2n) is 6.66. The summed E-state index contributed by atoms with van der Waals surface area (Å²) in [4.78, 5) is 25.4. The number of amides is 3. The predicted molar refractivity (Wildman–Crippen MR) is 99.9 cm³/mol. The first-order valence-electron chi connectivity index (χ1n) is 9.35. The van der Waals surface area contributed by atoms with Crippen LogP contribution in [0.2, 0.25) is 0 Å². The van der Waals surface area contributed by atoms with E-state index < -0.39 is 6.03 Å². The lowest BCUT2D eigenvalue weighted by Gasteiger charge is -2.27. The molecule has 0 aliphatic carbocycles. The van der Waals surface area contributed by atoms with Gasteiger partial charge in [-0.15, -0.1) is 0 Å². The average Bonchev–Trinajstić information content (AvgIpc) is 2.57. The fourth-order valence-corrected chi connectivity index (χ4v) is 3.25. The molecule has 0 bridgehead atoms. The maximum Gasteiger partial charge on any atom is 0.326 e. The Bertz CT molecular complexity index is 621. The smallest absolute Gasteiger partial charge is 0.326 e. The molecule has 0 spiro atoms. The van der Waals surface area contributed by atoms with Gasteiger partial charge in [-0.2, -0.15) is 0 Å². The van der Waals surface area contributed by atoms with Crippen LogP contribution in [0, 0.1) is 5.92 Å². The van der Waals surface area contributed by atoms with Gasteiger partial charge >= 0.3 is 6.03 Å². The third-order valence-electron chi connectivity index (χ3n) is 4.33. The molecular weight excluding hydrogens is 334 g/mol. The van der Waals surface area contributed by atoms with E-state index in [0.29, 0.717) is 42.9 Å². The number of anilines is 1. The lowest BCUT2D eigenvalue weighted by molar-refractivity contribution is -0.900. The van der Waals surface area contributed by atoms with Crippen molar-refractivity contribution in [2.45, 2.75) is 33.6 Å². The normalized spacial score (nSPS) is 19.5. The Balaban J connectivity index is 1.88. The number of nitrogens with one attached hydrogen (secondary N) is 3. The van der Waals surface area contributed by atoms with Gasteiger partial charge < -0.3 is 19.7 Å². The first-order valence-corrected chi connectivity index (χ1v) is 9.35. The number of benzene rings is 1. The summed E-state index contributed by atoms with van der Waals surface area (Å²) in [5.41, 5.74) is 0.543. The van der Waals surface area contributed by atoms with Crippen LogP contribution >= 0.6 is 0 Å². The Morgan fingerprint density at radius 1 is 1.19 bits per heavy atom. The number of carbonyl (C=O) groups excluding carboxylic acids is 2. The van der Waals surface area contributed by atoms with Gasteiger partial charge in [-0.05, 0) is 38.8 Å². The van der Waals surface area contributed by atoms with Crippen LogP contribution in [0.3, 0.4) is 0 Å². The number of piperidine rings is 1. The van der Waals surface area contributed by atoms with Crippen molar-refractivity contribution in [3.63, 3.8) is 0 Å². The molecule has 1 saturated heterocycles. The van der Waals surface area contributed by atoms with Gasteiger partial charge in [0.25, 0.3) is 5.91 Å². The molecule has 3 amide bonds. The number of carbonyl (C=O) groups is 2. The number of likely N-dealkylation sites (tertiary alicyclic amines) is 1. The standard InChI is InChI=1S/C19H29N3O4/c1-4-25-16-9-8-15(11-17(16)26-5-2)20-19(24)21-18(23)13-22-10-6-7-14(3)12-22/h8-9,11,14H,4-7,10,12-13H2,1-3H3,(H2,20,21,23,24)/p+1/t14-/m0/s1. The third kappa shape index (κ3) is 6.22. The first-order chi connectivity index (χ1) is 12.5. The highest BCUT2D eigenvalue weighted by Crippen LogP contribution is 2.30. The molecule has 1 aliphatic heterocycles. The summed E-state index contributed by atoms with van der Waals surface area (Å²) in [6, 6.07) is 4.61. The van der Waals surface area contributed by atoms with Crippen LogP contribution < -0.4 is 25.0 Å². The largest absolute Gasteiger partial charge is 0.490 e. The van der Waals surface area contributed by atoms with Gasteiger partial charge in [0.05, 0.1) is 26.3 Å². The molecule has 1 unspecified atom stereocenters. The van der Waals surface area contributed by atoms with Crippen molar-refractivity contribution < 1.29 is 24.0 Å². The van der Waals surface area contributed by atoms with Gasteiger partial charge in [0.2, 0.25) is 0 Å². The number of imide groups is 1. The van der Waals surface area contributed by atoms with E-state index in [-0.39, 0.29) is 5.91 Å². The predicted octanol–water partition coefficient (Wildman–Crippen LogP) is 1.45. The molecule has 2 atom stereocenters. The van der Waals surface area contributed by atoms with Crippen LogP contribution in [-0.2, 0) is 4.79 Å². The van der Waals surface area contributed by atoms with Crippen molar-refractivity contribution in [3.8, 4) is 11.5 Å². The Morgan fingerprint density at radius 3 is 2.62 bits per heavy atom. The summed E-state index contributed by atoms with van der Waals surface area (Å²) >= 11 is 0. The molecule has 3 N–H and O–H groups in total. The Hall–Kier alpha value is -2.28. The van der Waals surface area contributed by atoms with Crippen LogP contribution in [0.25, 0.3) is 0 Å². The second-order valence-corrected chi connectivity index (χ2v) is 6.66. The first kappa shape index (κ1) is 20.0. The zero-order valence-electron chi connectivity index (χ0n) is 15.9. The van der Waals surface area contributed by atoms with E-state index in [4.69, 9.17) is 9.47 Å². The number of quaternary nitrogens is 1. The van der Waals surface area contributed by atoms with Gasteiger partial charge in [0, 0.05) is 17.7 Å². The van der Waals surface area contributed by atoms with E-state index in [1.807, 2.05) is 13.8 Å². The zero-order chi connectivity index (χ0) is 18.9. The summed E-state index contributed by atoms with van der Waals surface area (Å²) in [6.07, 6.45) is 2.34. The summed E-state index contributed by atoms with van der Waals surface area (Å²) in [7, 11) is 0. The SMILES string of the molecule is CCOc1ccc(NC(=O)NC(=O)C[NH+]2CCC[C@H](C)C2)cc1OCC. The number of rotatable bonds is 7. The van der Waals surface area contributed by atoms with Crippen molar-refractivity contribution in [2.75, 3.05) is 38.2 Å². The van der Waals surface area contributed by atoms with Gasteiger partial charge in [0.15, 0.2) is 18.0 Å². The van der Waals surface area contributed by atoms with Gasteiger partial charge in [0.1, 0.15) is 0 Å². The monoisotopic (exact) mass is 364 g/mol. The number of hydrogen-bond acceptors (Lipinski definition) is 4.